The molecule has 0 radical (unpaired) electrons. The lowest BCUT2D eigenvalue weighted by Crippen LogP contribution is -2.00. The molecule has 4 heteroatoms. The van der Waals surface area contributed by atoms with Gasteiger partial charge in [-0.1, -0.05) is 47.7 Å². The summed E-state index contributed by atoms with van der Waals surface area (Å²) in [5, 5.41) is 7.71. The van der Waals surface area contributed by atoms with Crippen LogP contribution in [0, 0.1) is 0 Å². The van der Waals surface area contributed by atoms with Gasteiger partial charge in [0.2, 0.25) is 0 Å². The number of hydrogen-bond donors (Lipinski definition) is 0. The van der Waals surface area contributed by atoms with E-state index in [0.29, 0.717) is 24.2 Å². The molecular formula is C14H13N3O. The number of rotatable bonds is 5. The number of nitrogens with zero attached hydrogens (tertiary/aromatic N) is 3. The van der Waals surface area contributed by atoms with Crippen molar-refractivity contribution in [3.8, 4) is 0 Å². The van der Waals surface area contributed by atoms with Gasteiger partial charge in [-0.05, 0) is 11.6 Å². The minimum Gasteiger partial charge on any atom is -0.296 e. The predicted octanol–water partition coefficient (Wildman–Crippen LogP) is 2.45. The molecule has 0 atom stereocenters. The third-order valence-electron chi connectivity index (χ3n) is 2.45. The minimum absolute atomic E-state index is 0.337. The third kappa shape index (κ3) is 2.60. The van der Waals surface area contributed by atoms with Crippen LogP contribution < -0.4 is 0 Å². The highest BCUT2D eigenvalue weighted by atomic mass is 16.1. The van der Waals surface area contributed by atoms with Crippen LogP contribution >= 0.6 is 0 Å². The van der Waals surface area contributed by atoms with Crippen LogP contribution in [-0.4, -0.2) is 21.3 Å². The maximum Gasteiger partial charge on any atom is 0.172 e. The lowest BCUT2D eigenvalue weighted by atomic mass is 10.2. The van der Waals surface area contributed by atoms with Gasteiger partial charge in [0.15, 0.2) is 12.0 Å². The predicted molar refractivity (Wildman–Crippen MR) is 71.0 cm³/mol. The molecule has 0 spiro atoms. The minimum atomic E-state index is 0.337. The fraction of sp³-hybridized carbons (Fsp3) is 0.0714. The van der Waals surface area contributed by atoms with Crippen LogP contribution in [0.2, 0.25) is 0 Å². The van der Waals surface area contributed by atoms with Crippen molar-refractivity contribution in [2.75, 3.05) is 0 Å². The zero-order valence-corrected chi connectivity index (χ0v) is 9.86. The molecule has 0 unspecified atom stereocenters. The van der Waals surface area contributed by atoms with Gasteiger partial charge in [-0.15, -0.1) is 11.7 Å². The van der Waals surface area contributed by atoms with Crippen LogP contribution in [0.3, 0.4) is 0 Å². The second-order valence-electron chi connectivity index (χ2n) is 3.69. The van der Waals surface area contributed by atoms with Crippen molar-refractivity contribution >= 4 is 18.4 Å². The Bertz CT molecular complexity index is 570. The van der Waals surface area contributed by atoms with Crippen LogP contribution in [0.4, 0.5) is 0 Å². The lowest BCUT2D eigenvalue weighted by molar-refractivity contribution is 0.111. The molecule has 0 aliphatic carbocycles. The van der Waals surface area contributed by atoms with Crippen LogP contribution in [0.1, 0.15) is 21.7 Å². The van der Waals surface area contributed by atoms with Crippen molar-refractivity contribution in [1.29, 1.82) is 0 Å². The van der Waals surface area contributed by atoms with E-state index in [1.54, 1.807) is 10.8 Å². The number of benzene rings is 1. The Hall–Kier alpha value is -2.49. The van der Waals surface area contributed by atoms with Gasteiger partial charge < -0.3 is 0 Å². The topological polar surface area (TPSA) is 47.8 Å². The first-order valence-electron chi connectivity index (χ1n) is 5.58. The third-order valence-corrected chi connectivity index (χ3v) is 2.45. The summed E-state index contributed by atoms with van der Waals surface area (Å²) in [4.78, 5) is 10.9. The van der Waals surface area contributed by atoms with Crippen molar-refractivity contribution < 1.29 is 4.79 Å². The Balaban J connectivity index is 2.32. The van der Waals surface area contributed by atoms with E-state index in [2.05, 4.69) is 16.9 Å². The highest BCUT2D eigenvalue weighted by Crippen LogP contribution is 2.10. The zero-order valence-electron chi connectivity index (χ0n) is 9.86. The van der Waals surface area contributed by atoms with Gasteiger partial charge in [0.1, 0.15) is 0 Å². The summed E-state index contributed by atoms with van der Waals surface area (Å²) >= 11 is 0. The average molecular weight is 239 g/mol. The first-order valence-corrected chi connectivity index (χ1v) is 5.58. The molecule has 2 rings (SSSR count). The molecule has 0 bridgehead atoms. The molecular weight excluding hydrogens is 226 g/mol. The maximum absolute atomic E-state index is 10.9. The fourth-order valence-electron chi connectivity index (χ4n) is 1.59. The van der Waals surface area contributed by atoms with Gasteiger partial charge in [-0.2, -0.15) is 0 Å². The Morgan fingerprint density at radius 3 is 2.67 bits per heavy atom. The van der Waals surface area contributed by atoms with Gasteiger partial charge in [-0.25, -0.2) is 4.68 Å². The van der Waals surface area contributed by atoms with Gasteiger partial charge in [-0.3, -0.25) is 4.79 Å². The molecule has 0 fully saturated rings. The van der Waals surface area contributed by atoms with Crippen LogP contribution in [0.25, 0.3) is 12.2 Å². The molecule has 1 aromatic heterocycles. The van der Waals surface area contributed by atoms with E-state index in [0.717, 1.165) is 5.56 Å². The smallest absolute Gasteiger partial charge is 0.172 e. The molecule has 90 valence electrons. The van der Waals surface area contributed by atoms with E-state index in [9.17, 15) is 4.79 Å². The number of hydrogen-bond acceptors (Lipinski definition) is 3. The number of allylic oxidation sites excluding steroid dienone is 1. The largest absolute Gasteiger partial charge is 0.296 e. The molecule has 1 heterocycles. The molecule has 0 saturated heterocycles. The average Bonchev–Trinajstić information content (AvgIpc) is 2.80. The molecule has 2 aromatic rings. The maximum atomic E-state index is 10.9. The highest BCUT2D eigenvalue weighted by Gasteiger charge is 2.07. The van der Waals surface area contributed by atoms with Crippen LogP contribution in [-0.2, 0) is 6.54 Å². The number of aromatic nitrogens is 3. The monoisotopic (exact) mass is 239 g/mol. The summed E-state index contributed by atoms with van der Waals surface area (Å²) in [6.45, 7) is 4.17. The molecule has 0 N–H and O–H groups in total. The Labute approximate surface area is 105 Å². The number of aldehydes is 1. The first kappa shape index (κ1) is 12.0. The van der Waals surface area contributed by atoms with E-state index in [-0.39, 0.29) is 0 Å². The van der Waals surface area contributed by atoms with E-state index < -0.39 is 0 Å². The summed E-state index contributed by atoms with van der Waals surface area (Å²) in [6, 6.07) is 9.84. The fourth-order valence-corrected chi connectivity index (χ4v) is 1.59. The Kier molecular flexibility index (Phi) is 3.81. The summed E-state index contributed by atoms with van der Waals surface area (Å²) in [5.41, 5.74) is 2.08. The number of carbonyl (C=O) groups is 1. The zero-order chi connectivity index (χ0) is 12.8. The Morgan fingerprint density at radius 1 is 1.22 bits per heavy atom. The van der Waals surface area contributed by atoms with Crippen molar-refractivity contribution in [3.05, 3.63) is 59.9 Å². The second kappa shape index (κ2) is 5.72. The van der Waals surface area contributed by atoms with Crippen LogP contribution in [0.5, 0.6) is 0 Å². The van der Waals surface area contributed by atoms with Gasteiger partial charge in [0.25, 0.3) is 0 Å². The normalized spacial score (nSPS) is 10.7. The van der Waals surface area contributed by atoms with Crippen LogP contribution in [0.15, 0.2) is 43.0 Å². The van der Waals surface area contributed by atoms with E-state index >= 15 is 0 Å². The number of carbonyl (C=O) groups excluding carboxylic acids is 1. The lowest BCUT2D eigenvalue weighted by Gasteiger charge is -1.98. The van der Waals surface area contributed by atoms with E-state index in [1.807, 2.05) is 42.5 Å². The standard InChI is InChI=1S/C14H13N3O/c1-2-10-17-14(13(11-18)15-16-17)9-8-12-6-4-3-5-7-12/h2-9,11H,1,10H2/b9-8+. The molecule has 18 heavy (non-hydrogen) atoms. The molecule has 0 aliphatic heterocycles. The van der Waals surface area contributed by atoms with Crippen molar-refractivity contribution in [3.63, 3.8) is 0 Å². The van der Waals surface area contributed by atoms with Crippen molar-refractivity contribution in [2.24, 2.45) is 0 Å². The molecule has 0 aliphatic rings. The molecule has 1 aromatic carbocycles. The second-order valence-corrected chi connectivity index (χ2v) is 3.69. The summed E-state index contributed by atoms with van der Waals surface area (Å²) in [5.74, 6) is 0. The molecule has 0 amide bonds. The quantitative estimate of drug-likeness (QED) is 0.594. The van der Waals surface area contributed by atoms with E-state index in [1.165, 1.54) is 0 Å². The molecule has 4 nitrogen and oxygen atoms in total. The van der Waals surface area contributed by atoms with Gasteiger partial charge in [0.05, 0.1) is 12.2 Å². The van der Waals surface area contributed by atoms with E-state index in [4.69, 9.17) is 0 Å². The van der Waals surface area contributed by atoms with Crippen molar-refractivity contribution in [2.45, 2.75) is 6.54 Å². The van der Waals surface area contributed by atoms with Gasteiger partial charge >= 0.3 is 0 Å². The molecule has 0 saturated carbocycles. The SMILES string of the molecule is C=CCn1nnc(C=O)c1/C=C/c1ccccc1. The Morgan fingerprint density at radius 2 is 2.00 bits per heavy atom. The summed E-state index contributed by atoms with van der Waals surface area (Å²) in [7, 11) is 0. The summed E-state index contributed by atoms with van der Waals surface area (Å²) < 4.78 is 1.64. The first-order chi connectivity index (χ1) is 8.85. The highest BCUT2D eigenvalue weighted by molar-refractivity contribution is 5.81. The summed E-state index contributed by atoms with van der Waals surface area (Å²) in [6.07, 6.45) is 6.17. The van der Waals surface area contributed by atoms with Gasteiger partial charge in [0, 0.05) is 0 Å². The van der Waals surface area contributed by atoms with Crippen molar-refractivity contribution in [1.82, 2.24) is 15.0 Å².